The van der Waals surface area contributed by atoms with Gasteiger partial charge in [-0.15, -0.1) is 0 Å². The zero-order valence-electron chi connectivity index (χ0n) is 7.25. The molecule has 0 aliphatic rings. The molecule has 0 unspecified atom stereocenters. The molecule has 0 bridgehead atoms. The van der Waals surface area contributed by atoms with Crippen molar-refractivity contribution in [1.82, 2.24) is 4.98 Å². The third-order valence-electron chi connectivity index (χ3n) is 1.57. The highest BCUT2D eigenvalue weighted by Gasteiger charge is 2.00. The quantitative estimate of drug-likeness (QED) is 0.693. The molecule has 0 atom stereocenters. The Morgan fingerprint density at radius 1 is 1.50 bits per heavy atom. The molecule has 12 heavy (non-hydrogen) atoms. The van der Waals surface area contributed by atoms with E-state index in [-0.39, 0.29) is 0 Å². The van der Waals surface area contributed by atoms with Gasteiger partial charge in [0.05, 0.1) is 6.20 Å². The molecule has 1 rings (SSSR count). The van der Waals surface area contributed by atoms with Crippen LogP contribution in [-0.2, 0) is 0 Å². The van der Waals surface area contributed by atoms with Crippen LogP contribution in [-0.4, -0.2) is 11.8 Å². The molecule has 0 amide bonds. The number of nitrogens with zero attached hydrogens (tertiary/aromatic N) is 1. The molecule has 2 nitrogen and oxygen atoms in total. The second-order valence-corrected chi connectivity index (χ2v) is 2.83. The van der Waals surface area contributed by atoms with E-state index >= 15 is 0 Å². The molecule has 66 valence electrons. The molecule has 1 aromatic rings. The van der Waals surface area contributed by atoms with Crippen LogP contribution in [0.3, 0.4) is 0 Å². The van der Waals surface area contributed by atoms with E-state index in [4.69, 9.17) is 0 Å². The standard InChI is InChI=1S/C9H12FNO/c1-7(2)9-4-3-8(5-11-9)12-6-10/h3-5,7H,6H2,1-2H3. The number of pyridine rings is 1. The lowest BCUT2D eigenvalue weighted by Crippen LogP contribution is -1.94. The number of halogens is 1. The van der Waals surface area contributed by atoms with E-state index < -0.39 is 6.86 Å². The van der Waals surface area contributed by atoms with Crippen molar-refractivity contribution < 1.29 is 9.13 Å². The number of rotatable bonds is 3. The number of ether oxygens (including phenoxy) is 1. The third-order valence-corrected chi connectivity index (χ3v) is 1.57. The smallest absolute Gasteiger partial charge is 0.228 e. The van der Waals surface area contributed by atoms with Crippen molar-refractivity contribution in [2.45, 2.75) is 19.8 Å². The highest BCUT2D eigenvalue weighted by atomic mass is 19.1. The Balaban J connectivity index is 2.71. The molecule has 0 saturated heterocycles. The summed E-state index contributed by atoms with van der Waals surface area (Å²) in [7, 11) is 0. The molecule has 0 aliphatic carbocycles. The lowest BCUT2D eigenvalue weighted by molar-refractivity contribution is 0.191. The van der Waals surface area contributed by atoms with Gasteiger partial charge in [0.15, 0.2) is 0 Å². The molecule has 0 fully saturated rings. The molecule has 0 spiro atoms. The fraction of sp³-hybridized carbons (Fsp3) is 0.444. The molecule has 0 saturated carbocycles. The summed E-state index contributed by atoms with van der Waals surface area (Å²) < 4.78 is 16.3. The normalized spacial score (nSPS) is 10.3. The van der Waals surface area contributed by atoms with Crippen LogP contribution in [0.4, 0.5) is 4.39 Å². The van der Waals surface area contributed by atoms with Crippen molar-refractivity contribution in [2.24, 2.45) is 0 Å². The van der Waals surface area contributed by atoms with E-state index in [0.29, 0.717) is 11.7 Å². The van der Waals surface area contributed by atoms with Gasteiger partial charge in [-0.25, -0.2) is 4.39 Å². The van der Waals surface area contributed by atoms with Gasteiger partial charge in [-0.05, 0) is 18.1 Å². The summed E-state index contributed by atoms with van der Waals surface area (Å²) >= 11 is 0. The van der Waals surface area contributed by atoms with Crippen LogP contribution in [0.15, 0.2) is 18.3 Å². The molecular formula is C9H12FNO. The predicted molar refractivity (Wildman–Crippen MR) is 44.9 cm³/mol. The lowest BCUT2D eigenvalue weighted by Gasteiger charge is -2.04. The van der Waals surface area contributed by atoms with Crippen LogP contribution in [0.1, 0.15) is 25.5 Å². The van der Waals surface area contributed by atoms with Crippen molar-refractivity contribution >= 4 is 0 Å². The SMILES string of the molecule is CC(C)c1ccc(OCF)cn1. The van der Waals surface area contributed by atoms with Crippen LogP contribution in [0.2, 0.25) is 0 Å². The van der Waals surface area contributed by atoms with Crippen LogP contribution < -0.4 is 4.74 Å². The first kappa shape index (κ1) is 8.97. The van der Waals surface area contributed by atoms with Crippen molar-refractivity contribution in [3.05, 3.63) is 24.0 Å². The van der Waals surface area contributed by atoms with E-state index in [0.717, 1.165) is 5.69 Å². The van der Waals surface area contributed by atoms with Crippen LogP contribution >= 0.6 is 0 Å². The Kier molecular flexibility index (Phi) is 3.02. The van der Waals surface area contributed by atoms with Gasteiger partial charge in [-0.3, -0.25) is 4.98 Å². The van der Waals surface area contributed by atoms with Crippen LogP contribution in [0, 0.1) is 0 Å². The molecule has 0 aliphatic heterocycles. The number of aromatic nitrogens is 1. The maximum absolute atomic E-state index is 11.7. The fourth-order valence-corrected chi connectivity index (χ4v) is 0.882. The predicted octanol–water partition coefficient (Wildman–Crippen LogP) is 2.51. The number of hydrogen-bond donors (Lipinski definition) is 0. The van der Waals surface area contributed by atoms with Gasteiger partial charge in [0.25, 0.3) is 0 Å². The van der Waals surface area contributed by atoms with Gasteiger partial charge in [0.1, 0.15) is 5.75 Å². The first-order valence-electron chi connectivity index (χ1n) is 3.88. The Labute approximate surface area is 71.4 Å². The van der Waals surface area contributed by atoms with Crippen LogP contribution in [0.5, 0.6) is 5.75 Å². The summed E-state index contributed by atoms with van der Waals surface area (Å²) in [6, 6.07) is 3.57. The minimum atomic E-state index is -0.803. The molecule has 0 N–H and O–H groups in total. The summed E-state index contributed by atoms with van der Waals surface area (Å²) in [5.74, 6) is 0.867. The molecule has 1 aromatic heterocycles. The van der Waals surface area contributed by atoms with Gasteiger partial charge >= 0.3 is 0 Å². The molecule has 0 radical (unpaired) electrons. The first-order chi connectivity index (χ1) is 5.74. The largest absolute Gasteiger partial charge is 0.461 e. The second kappa shape index (κ2) is 4.04. The average Bonchev–Trinajstić information content (AvgIpc) is 2.06. The Bertz CT molecular complexity index is 233. The summed E-state index contributed by atoms with van der Waals surface area (Å²) in [6.45, 7) is 3.30. The van der Waals surface area contributed by atoms with Crippen molar-refractivity contribution in [3.63, 3.8) is 0 Å². The molecule has 0 aromatic carbocycles. The Morgan fingerprint density at radius 3 is 2.67 bits per heavy atom. The number of alkyl halides is 1. The average molecular weight is 169 g/mol. The van der Waals surface area contributed by atoms with Crippen LogP contribution in [0.25, 0.3) is 0 Å². The van der Waals surface area contributed by atoms with E-state index in [9.17, 15) is 4.39 Å². The fourth-order valence-electron chi connectivity index (χ4n) is 0.882. The Hall–Kier alpha value is -1.12. The maximum Gasteiger partial charge on any atom is 0.228 e. The zero-order chi connectivity index (χ0) is 8.97. The highest BCUT2D eigenvalue weighted by molar-refractivity contribution is 5.20. The third kappa shape index (κ3) is 2.19. The summed E-state index contributed by atoms with van der Waals surface area (Å²) in [5.41, 5.74) is 0.987. The molecule has 3 heteroatoms. The lowest BCUT2D eigenvalue weighted by atomic mass is 10.1. The minimum Gasteiger partial charge on any atom is -0.461 e. The molecule has 1 heterocycles. The summed E-state index contributed by atoms with van der Waals surface area (Å²) in [6.07, 6.45) is 1.54. The summed E-state index contributed by atoms with van der Waals surface area (Å²) in [4.78, 5) is 4.11. The van der Waals surface area contributed by atoms with Gasteiger partial charge in [-0.2, -0.15) is 0 Å². The maximum atomic E-state index is 11.7. The van der Waals surface area contributed by atoms with Gasteiger partial charge in [-0.1, -0.05) is 13.8 Å². The van der Waals surface area contributed by atoms with Crippen molar-refractivity contribution in [2.75, 3.05) is 6.86 Å². The van der Waals surface area contributed by atoms with Crippen molar-refractivity contribution in [1.29, 1.82) is 0 Å². The van der Waals surface area contributed by atoms with Gasteiger partial charge in [0.2, 0.25) is 6.86 Å². The Morgan fingerprint density at radius 2 is 2.25 bits per heavy atom. The van der Waals surface area contributed by atoms with Gasteiger partial charge < -0.3 is 4.74 Å². The van der Waals surface area contributed by atoms with E-state index in [1.54, 1.807) is 6.07 Å². The highest BCUT2D eigenvalue weighted by Crippen LogP contribution is 2.14. The monoisotopic (exact) mass is 169 g/mol. The van der Waals surface area contributed by atoms with Crippen molar-refractivity contribution in [3.8, 4) is 5.75 Å². The van der Waals surface area contributed by atoms with E-state index in [1.165, 1.54) is 6.20 Å². The van der Waals surface area contributed by atoms with Gasteiger partial charge in [0, 0.05) is 5.69 Å². The zero-order valence-corrected chi connectivity index (χ0v) is 7.25. The molecular weight excluding hydrogens is 157 g/mol. The number of hydrogen-bond acceptors (Lipinski definition) is 2. The van der Waals surface area contributed by atoms with E-state index in [1.807, 2.05) is 6.07 Å². The second-order valence-electron chi connectivity index (χ2n) is 2.83. The van der Waals surface area contributed by atoms with E-state index in [2.05, 4.69) is 23.6 Å². The first-order valence-corrected chi connectivity index (χ1v) is 3.88. The summed E-state index contributed by atoms with van der Waals surface area (Å²) in [5, 5.41) is 0. The topological polar surface area (TPSA) is 22.1 Å². The minimum absolute atomic E-state index is 0.393.